The number of rotatable bonds is 2. The van der Waals surface area contributed by atoms with Crippen LogP contribution in [-0.4, -0.2) is 21.4 Å². The molecule has 3 aromatic rings. The van der Waals surface area contributed by atoms with Gasteiger partial charge in [0.1, 0.15) is 5.69 Å². The Hall–Kier alpha value is -2.88. The monoisotopic (exact) mass is 276 g/mol. The minimum absolute atomic E-state index is 0.236. The number of para-hydroxylation sites is 1. The van der Waals surface area contributed by atoms with Crippen molar-refractivity contribution < 1.29 is 9.59 Å². The van der Waals surface area contributed by atoms with Crippen molar-refractivity contribution in [2.75, 3.05) is 0 Å². The molecule has 1 aromatic heterocycles. The average Bonchev–Trinajstić information content (AvgIpc) is 3.00. The van der Waals surface area contributed by atoms with Crippen molar-refractivity contribution in [3.05, 3.63) is 71.9 Å². The van der Waals surface area contributed by atoms with Crippen molar-refractivity contribution in [1.29, 1.82) is 0 Å². The summed E-state index contributed by atoms with van der Waals surface area (Å²) in [7, 11) is 0. The molecule has 0 aliphatic carbocycles. The number of fused-ring (bicyclic) bond motifs is 3. The lowest BCUT2D eigenvalue weighted by Crippen LogP contribution is -2.30. The standard InChI is InChI=1S/C17H12N2O2/c20-16-15-10-13-8-4-5-9-14(13)19(15)17(21)18(16)11-12-6-2-1-3-7-12/h1-10H,11H2. The fourth-order valence-electron chi connectivity index (χ4n) is 2.77. The Bertz CT molecular complexity index is 865. The maximum atomic E-state index is 12.6. The first-order valence-electron chi connectivity index (χ1n) is 6.76. The summed E-state index contributed by atoms with van der Waals surface area (Å²) in [4.78, 5) is 26.3. The van der Waals surface area contributed by atoms with E-state index in [-0.39, 0.29) is 11.9 Å². The summed E-state index contributed by atoms with van der Waals surface area (Å²) >= 11 is 0. The number of hydrogen-bond donors (Lipinski definition) is 0. The number of carbonyl (C=O) groups is 2. The Morgan fingerprint density at radius 2 is 1.57 bits per heavy atom. The summed E-state index contributed by atoms with van der Waals surface area (Å²) in [5.41, 5.74) is 2.16. The van der Waals surface area contributed by atoms with E-state index in [1.807, 2.05) is 54.6 Å². The third-order valence-electron chi connectivity index (χ3n) is 3.78. The average molecular weight is 276 g/mol. The van der Waals surface area contributed by atoms with Crippen LogP contribution in [0.3, 0.4) is 0 Å². The minimum Gasteiger partial charge on any atom is -0.267 e. The van der Waals surface area contributed by atoms with Crippen molar-refractivity contribution in [3.63, 3.8) is 0 Å². The van der Waals surface area contributed by atoms with E-state index in [4.69, 9.17) is 0 Å². The SMILES string of the molecule is O=C1c2cc3ccccc3n2C(=O)N1Cc1ccccc1. The number of nitrogens with zero attached hydrogens (tertiary/aromatic N) is 2. The summed E-state index contributed by atoms with van der Waals surface area (Å²) < 4.78 is 1.50. The summed E-state index contributed by atoms with van der Waals surface area (Å²) in [6.07, 6.45) is 0. The van der Waals surface area contributed by atoms with Crippen LogP contribution in [0.2, 0.25) is 0 Å². The molecule has 4 heteroatoms. The smallest absolute Gasteiger partial charge is 0.267 e. The normalized spacial score (nSPS) is 14.0. The topological polar surface area (TPSA) is 42.3 Å². The van der Waals surface area contributed by atoms with Crippen molar-refractivity contribution in [1.82, 2.24) is 9.47 Å². The van der Waals surface area contributed by atoms with Crippen molar-refractivity contribution in [2.45, 2.75) is 6.54 Å². The van der Waals surface area contributed by atoms with Gasteiger partial charge in [0.05, 0.1) is 12.1 Å². The second-order valence-electron chi connectivity index (χ2n) is 5.08. The van der Waals surface area contributed by atoms with Gasteiger partial charge in [0.15, 0.2) is 0 Å². The highest BCUT2D eigenvalue weighted by Gasteiger charge is 2.36. The Labute approximate surface area is 121 Å². The molecular formula is C17H12N2O2. The van der Waals surface area contributed by atoms with Crippen molar-refractivity contribution in [2.24, 2.45) is 0 Å². The fraction of sp³-hybridized carbons (Fsp3) is 0.0588. The number of hydrogen-bond acceptors (Lipinski definition) is 2. The van der Waals surface area contributed by atoms with Gasteiger partial charge in [-0.25, -0.2) is 4.79 Å². The van der Waals surface area contributed by atoms with E-state index in [2.05, 4.69) is 0 Å². The molecule has 0 bridgehead atoms. The van der Waals surface area contributed by atoms with Gasteiger partial charge in [0, 0.05) is 5.39 Å². The summed E-state index contributed by atoms with van der Waals surface area (Å²) in [5.74, 6) is -0.236. The van der Waals surface area contributed by atoms with E-state index < -0.39 is 0 Å². The molecule has 0 atom stereocenters. The molecule has 4 nitrogen and oxygen atoms in total. The highest BCUT2D eigenvalue weighted by atomic mass is 16.2. The van der Waals surface area contributed by atoms with E-state index >= 15 is 0 Å². The van der Waals surface area contributed by atoms with E-state index in [9.17, 15) is 9.59 Å². The highest BCUT2D eigenvalue weighted by Crippen LogP contribution is 2.27. The molecule has 0 saturated heterocycles. The van der Waals surface area contributed by atoms with Gasteiger partial charge in [-0.05, 0) is 17.7 Å². The Morgan fingerprint density at radius 3 is 2.38 bits per heavy atom. The van der Waals surface area contributed by atoms with Gasteiger partial charge in [-0.1, -0.05) is 48.5 Å². The fourth-order valence-corrected chi connectivity index (χ4v) is 2.77. The van der Waals surface area contributed by atoms with Gasteiger partial charge in [0.2, 0.25) is 0 Å². The van der Waals surface area contributed by atoms with Crippen LogP contribution in [0.25, 0.3) is 10.9 Å². The Kier molecular flexibility index (Phi) is 2.44. The largest absolute Gasteiger partial charge is 0.336 e. The van der Waals surface area contributed by atoms with Gasteiger partial charge in [-0.3, -0.25) is 14.3 Å². The third kappa shape index (κ3) is 1.69. The van der Waals surface area contributed by atoms with Crippen LogP contribution in [0.1, 0.15) is 16.1 Å². The molecule has 21 heavy (non-hydrogen) atoms. The van der Waals surface area contributed by atoms with Crippen LogP contribution in [-0.2, 0) is 6.54 Å². The van der Waals surface area contributed by atoms with Crippen LogP contribution < -0.4 is 0 Å². The van der Waals surface area contributed by atoms with Gasteiger partial charge in [0.25, 0.3) is 5.91 Å². The second-order valence-corrected chi connectivity index (χ2v) is 5.08. The molecule has 0 spiro atoms. The number of benzene rings is 2. The molecule has 0 fully saturated rings. The quantitative estimate of drug-likeness (QED) is 0.721. The predicted octanol–water partition coefficient (Wildman–Crippen LogP) is 3.27. The molecule has 2 amide bonds. The molecule has 0 radical (unpaired) electrons. The number of carbonyl (C=O) groups excluding carboxylic acids is 2. The van der Waals surface area contributed by atoms with Crippen LogP contribution in [0.4, 0.5) is 4.79 Å². The van der Waals surface area contributed by atoms with E-state index in [1.54, 1.807) is 6.07 Å². The lowest BCUT2D eigenvalue weighted by molar-refractivity contribution is 0.0824. The molecular weight excluding hydrogens is 264 g/mol. The molecule has 0 saturated carbocycles. The van der Waals surface area contributed by atoms with E-state index in [0.29, 0.717) is 12.2 Å². The maximum Gasteiger partial charge on any atom is 0.336 e. The molecule has 2 heterocycles. The zero-order chi connectivity index (χ0) is 14.4. The highest BCUT2D eigenvalue weighted by molar-refractivity contribution is 6.16. The number of imide groups is 1. The summed E-state index contributed by atoms with van der Waals surface area (Å²) in [5, 5.41) is 0.911. The second kappa shape index (κ2) is 4.31. The minimum atomic E-state index is -0.278. The molecule has 4 rings (SSSR count). The molecule has 0 unspecified atom stereocenters. The van der Waals surface area contributed by atoms with E-state index in [0.717, 1.165) is 16.5 Å². The first kappa shape index (κ1) is 11.9. The lowest BCUT2D eigenvalue weighted by atomic mass is 10.2. The van der Waals surface area contributed by atoms with Crippen molar-refractivity contribution in [3.8, 4) is 0 Å². The zero-order valence-electron chi connectivity index (χ0n) is 11.2. The zero-order valence-corrected chi connectivity index (χ0v) is 11.2. The molecule has 1 aliphatic heterocycles. The van der Waals surface area contributed by atoms with Crippen LogP contribution in [0.5, 0.6) is 0 Å². The Balaban J connectivity index is 1.77. The summed E-state index contributed by atoms with van der Waals surface area (Å²) in [6.45, 7) is 0.300. The van der Waals surface area contributed by atoms with Crippen LogP contribution >= 0.6 is 0 Å². The first-order chi connectivity index (χ1) is 10.3. The molecule has 102 valence electrons. The van der Waals surface area contributed by atoms with Crippen LogP contribution in [0.15, 0.2) is 60.7 Å². The van der Waals surface area contributed by atoms with Crippen LogP contribution in [0, 0.1) is 0 Å². The third-order valence-corrected chi connectivity index (χ3v) is 3.78. The van der Waals surface area contributed by atoms with Gasteiger partial charge >= 0.3 is 6.03 Å². The molecule has 2 aromatic carbocycles. The van der Waals surface area contributed by atoms with Gasteiger partial charge in [-0.15, -0.1) is 0 Å². The van der Waals surface area contributed by atoms with Crippen molar-refractivity contribution >= 4 is 22.8 Å². The molecule has 1 aliphatic rings. The van der Waals surface area contributed by atoms with E-state index in [1.165, 1.54) is 9.47 Å². The number of aromatic nitrogens is 1. The molecule has 0 N–H and O–H groups in total. The summed E-state index contributed by atoms with van der Waals surface area (Å²) in [6, 6.07) is 18.6. The number of amides is 2. The predicted molar refractivity (Wildman–Crippen MR) is 79.0 cm³/mol. The maximum absolute atomic E-state index is 12.6. The first-order valence-corrected chi connectivity index (χ1v) is 6.76. The Morgan fingerprint density at radius 1 is 0.857 bits per heavy atom. The van der Waals surface area contributed by atoms with Gasteiger partial charge < -0.3 is 0 Å². The van der Waals surface area contributed by atoms with Gasteiger partial charge in [-0.2, -0.15) is 0 Å². The lowest BCUT2D eigenvalue weighted by Gasteiger charge is -2.13.